The van der Waals surface area contributed by atoms with Gasteiger partial charge in [-0.15, -0.1) is 0 Å². The predicted molar refractivity (Wildman–Crippen MR) is 141 cm³/mol. The molecule has 0 bridgehead atoms. The van der Waals surface area contributed by atoms with E-state index in [2.05, 4.69) is 5.32 Å². The number of carbonyl (C=O) groups is 4. The van der Waals surface area contributed by atoms with E-state index in [4.69, 9.17) is 18.9 Å². The second kappa shape index (κ2) is 11.6. The van der Waals surface area contributed by atoms with Crippen LogP contribution in [0.25, 0.3) is 0 Å². The number of nitrogens with zero attached hydrogens (tertiary/aromatic N) is 2. The molecule has 2 aromatic carbocycles. The van der Waals surface area contributed by atoms with Crippen molar-refractivity contribution in [1.82, 2.24) is 10.2 Å². The van der Waals surface area contributed by atoms with Gasteiger partial charge >= 0.3 is 11.9 Å². The Hall–Kier alpha value is -4.37. The highest BCUT2D eigenvalue weighted by atomic mass is 32.2. The van der Waals surface area contributed by atoms with Gasteiger partial charge in [0.1, 0.15) is 35.1 Å². The molecule has 1 N–H and O–H groups in total. The van der Waals surface area contributed by atoms with E-state index in [-0.39, 0.29) is 11.3 Å². The minimum absolute atomic E-state index is 0.0160. The van der Waals surface area contributed by atoms with Crippen molar-refractivity contribution in [1.29, 1.82) is 0 Å². The van der Waals surface area contributed by atoms with Crippen LogP contribution in [0.1, 0.15) is 24.2 Å². The first-order chi connectivity index (χ1) is 19.4. The molecular formula is C26H27N3O11S. The molecule has 2 heterocycles. The van der Waals surface area contributed by atoms with Gasteiger partial charge in [0.2, 0.25) is 0 Å². The molecule has 2 aromatic rings. The highest BCUT2D eigenvalue weighted by molar-refractivity contribution is 7.87. The zero-order valence-corrected chi connectivity index (χ0v) is 23.1. The molecule has 15 heteroatoms. The summed E-state index contributed by atoms with van der Waals surface area (Å²) >= 11 is 0. The van der Waals surface area contributed by atoms with Gasteiger partial charge in [0.05, 0.1) is 21.3 Å². The molecule has 2 aliphatic rings. The molecule has 5 atom stereocenters. The van der Waals surface area contributed by atoms with Gasteiger partial charge in [-0.05, 0) is 31.2 Å². The largest absolute Gasteiger partial charge is 0.484 e. The summed E-state index contributed by atoms with van der Waals surface area (Å²) in [4.78, 5) is 61.8. The average molecular weight is 590 g/mol. The number of esters is 2. The van der Waals surface area contributed by atoms with Crippen LogP contribution in [0.3, 0.4) is 0 Å². The van der Waals surface area contributed by atoms with E-state index in [1.54, 1.807) is 30.3 Å². The van der Waals surface area contributed by atoms with Crippen LogP contribution < -0.4 is 10.1 Å². The van der Waals surface area contributed by atoms with Crippen molar-refractivity contribution in [3.63, 3.8) is 0 Å². The third kappa shape index (κ3) is 5.37. The number of carbonyl (C=O) groups excluding carboxylic acids is 4. The summed E-state index contributed by atoms with van der Waals surface area (Å²) in [5.74, 6) is -2.42. The molecule has 4 rings (SSSR count). The summed E-state index contributed by atoms with van der Waals surface area (Å²) in [6, 6.07) is 12.0. The Morgan fingerprint density at radius 3 is 2.32 bits per heavy atom. The van der Waals surface area contributed by atoms with E-state index in [0.29, 0.717) is 5.75 Å². The number of para-hydroxylation sites is 1. The molecule has 14 nitrogen and oxygen atoms in total. The smallest absolute Gasteiger partial charge is 0.338 e. The molecule has 0 radical (unpaired) electrons. The van der Waals surface area contributed by atoms with Gasteiger partial charge in [-0.2, -0.15) is 0 Å². The van der Waals surface area contributed by atoms with Crippen molar-refractivity contribution >= 4 is 40.2 Å². The summed E-state index contributed by atoms with van der Waals surface area (Å²) < 4.78 is 34.1. The van der Waals surface area contributed by atoms with E-state index >= 15 is 0 Å². The zero-order chi connectivity index (χ0) is 29.9. The van der Waals surface area contributed by atoms with Crippen molar-refractivity contribution in [2.45, 2.75) is 35.7 Å². The summed E-state index contributed by atoms with van der Waals surface area (Å²) in [5.41, 5.74) is -2.10. The lowest BCUT2D eigenvalue weighted by molar-refractivity contribution is -0.384. The molecule has 0 saturated carbocycles. The first-order valence-electron chi connectivity index (χ1n) is 12.3. The average Bonchev–Trinajstić information content (AvgIpc) is 3.14. The van der Waals surface area contributed by atoms with Crippen molar-refractivity contribution in [3.8, 4) is 5.75 Å². The second-order valence-electron chi connectivity index (χ2n) is 9.42. The number of amides is 2. The lowest BCUT2D eigenvalue weighted by atomic mass is 9.91. The number of ether oxygens (including phenoxy) is 4. The van der Waals surface area contributed by atoms with Gasteiger partial charge < -0.3 is 24.3 Å². The van der Waals surface area contributed by atoms with Crippen LogP contribution in [0.2, 0.25) is 0 Å². The third-order valence-corrected chi connectivity index (χ3v) is 9.20. The van der Waals surface area contributed by atoms with E-state index in [9.17, 15) is 33.5 Å². The fourth-order valence-electron chi connectivity index (χ4n) is 4.73. The number of benzene rings is 2. The number of hydrogen-bond donors (Lipinski definition) is 1. The number of β-lactam (4-membered cyclic amide) rings is 1. The molecule has 1 unspecified atom stereocenters. The van der Waals surface area contributed by atoms with Crippen LogP contribution in [0.5, 0.6) is 5.75 Å². The molecule has 2 fully saturated rings. The number of nitrogens with one attached hydrogen (secondary N) is 1. The fraction of sp³-hybridized carbons (Fsp3) is 0.385. The monoisotopic (exact) mass is 589 g/mol. The van der Waals surface area contributed by atoms with Gasteiger partial charge in [0, 0.05) is 26.2 Å². The molecule has 218 valence electrons. The Morgan fingerprint density at radius 1 is 1.07 bits per heavy atom. The summed E-state index contributed by atoms with van der Waals surface area (Å²) in [5, 5.41) is 12.3. The highest BCUT2D eigenvalue weighted by Gasteiger charge is 2.76. The standard InChI is InChI=1S/C26H27N3O11S/c1-16(30)39-14-25(2)26(37-3,15-40-24(33)17-9-11-18(12-10-17)29(34)35)28-22(32)21(23(28)41(25)36)27-20(31)13-38-19-7-5-4-6-8-19/h4-12,21,23H,13-15H2,1-3H3,(H,27,31)/t21-,23-,25-,26+,41?/m1/s1. The molecule has 0 spiro atoms. The number of nitro benzene ring substituents is 1. The maximum Gasteiger partial charge on any atom is 0.338 e. The molecule has 2 saturated heterocycles. The number of fused-ring (bicyclic) bond motifs is 1. The number of non-ortho nitro benzene ring substituents is 1. The minimum Gasteiger partial charge on any atom is -0.484 e. The SMILES string of the molecule is CO[C@]1(COC(=O)c2ccc([N+](=O)[O-])cc2)N2C(=O)[C@@H](NC(=O)COc3ccccc3)[C@H]2S(=O)[C@]1(C)COC(C)=O. The first kappa shape index (κ1) is 29.6. The van der Waals surface area contributed by atoms with E-state index in [0.717, 1.165) is 24.0 Å². The van der Waals surface area contributed by atoms with Crippen molar-refractivity contribution < 1.29 is 47.3 Å². The number of nitro groups is 1. The minimum atomic E-state index is -1.99. The Kier molecular flexibility index (Phi) is 8.39. The Bertz CT molecular complexity index is 1390. The molecule has 2 aliphatic heterocycles. The molecule has 41 heavy (non-hydrogen) atoms. The van der Waals surface area contributed by atoms with Gasteiger partial charge in [-0.25, -0.2) is 4.79 Å². The van der Waals surface area contributed by atoms with Gasteiger partial charge in [-0.1, -0.05) is 18.2 Å². The topological polar surface area (TPSA) is 181 Å². The molecule has 0 aliphatic carbocycles. The maximum atomic E-state index is 13.9. The van der Waals surface area contributed by atoms with Gasteiger partial charge in [0.25, 0.3) is 17.5 Å². The lowest BCUT2D eigenvalue weighted by Gasteiger charge is -2.50. The third-order valence-electron chi connectivity index (χ3n) is 6.95. The second-order valence-corrected chi connectivity index (χ2v) is 11.4. The van der Waals surface area contributed by atoms with Crippen molar-refractivity contribution in [3.05, 3.63) is 70.3 Å². The van der Waals surface area contributed by atoms with Gasteiger partial charge in [0.15, 0.2) is 12.3 Å². The van der Waals surface area contributed by atoms with Crippen LogP contribution in [-0.2, 0) is 39.4 Å². The van der Waals surface area contributed by atoms with Crippen LogP contribution in [0.15, 0.2) is 54.6 Å². The first-order valence-corrected chi connectivity index (χ1v) is 13.5. The Balaban J connectivity index is 1.55. The quantitative estimate of drug-likeness (QED) is 0.170. The Labute approximate surface area is 236 Å². The number of hydrogen-bond acceptors (Lipinski definition) is 11. The Morgan fingerprint density at radius 2 is 1.73 bits per heavy atom. The van der Waals surface area contributed by atoms with Crippen LogP contribution in [-0.4, -0.2) is 86.6 Å². The predicted octanol–water partition coefficient (Wildman–Crippen LogP) is 0.910. The summed E-state index contributed by atoms with van der Waals surface area (Å²) in [7, 11) is -0.773. The zero-order valence-electron chi connectivity index (χ0n) is 22.3. The van der Waals surface area contributed by atoms with Crippen molar-refractivity contribution in [2.24, 2.45) is 0 Å². The van der Waals surface area contributed by atoms with Gasteiger partial charge in [-0.3, -0.25) is 33.6 Å². The van der Waals surface area contributed by atoms with Crippen LogP contribution in [0.4, 0.5) is 5.69 Å². The van der Waals surface area contributed by atoms with E-state index in [1.165, 1.54) is 26.2 Å². The number of rotatable bonds is 11. The highest BCUT2D eigenvalue weighted by Crippen LogP contribution is 2.51. The number of methoxy groups -OCH3 is 1. The van der Waals surface area contributed by atoms with E-state index < -0.39 is 81.2 Å². The van der Waals surface area contributed by atoms with E-state index in [1.807, 2.05) is 0 Å². The summed E-state index contributed by atoms with van der Waals surface area (Å²) in [6.07, 6.45) is 0. The maximum absolute atomic E-state index is 13.9. The normalized spacial score (nSPS) is 26.4. The molecule has 0 aromatic heterocycles. The van der Waals surface area contributed by atoms with Crippen LogP contribution in [0, 0.1) is 10.1 Å². The molecular weight excluding hydrogens is 562 g/mol. The fourth-order valence-corrected chi connectivity index (χ4v) is 6.89. The lowest BCUT2D eigenvalue weighted by Crippen LogP contribution is -2.76. The molecule has 2 amide bonds. The van der Waals surface area contributed by atoms with Crippen molar-refractivity contribution in [2.75, 3.05) is 26.9 Å². The van der Waals surface area contributed by atoms with Crippen LogP contribution >= 0.6 is 0 Å². The summed E-state index contributed by atoms with van der Waals surface area (Å²) in [6.45, 7) is 1.12.